The van der Waals surface area contributed by atoms with Crippen molar-refractivity contribution in [1.29, 1.82) is 0 Å². The summed E-state index contributed by atoms with van der Waals surface area (Å²) < 4.78 is 13.9. The first kappa shape index (κ1) is 13.8. The van der Waals surface area contributed by atoms with Crippen LogP contribution in [0.15, 0.2) is 23.1 Å². The molecule has 0 unspecified atom stereocenters. The van der Waals surface area contributed by atoms with Crippen LogP contribution < -0.4 is 5.32 Å². The van der Waals surface area contributed by atoms with Gasteiger partial charge in [0.25, 0.3) is 0 Å². The van der Waals surface area contributed by atoms with E-state index in [4.69, 9.17) is 0 Å². The van der Waals surface area contributed by atoms with E-state index in [-0.39, 0.29) is 5.82 Å². The van der Waals surface area contributed by atoms with Crippen molar-refractivity contribution in [3.63, 3.8) is 0 Å². The second-order valence-corrected chi connectivity index (χ2v) is 6.21. The molecule has 1 aliphatic carbocycles. The Kier molecular flexibility index (Phi) is 5.03. The molecular formula is C14H21FN2S. The highest BCUT2D eigenvalue weighted by Crippen LogP contribution is 2.23. The Morgan fingerprint density at radius 1 is 1.39 bits per heavy atom. The molecule has 0 aromatic heterocycles. The molecule has 0 saturated heterocycles. The lowest BCUT2D eigenvalue weighted by Gasteiger charge is -2.10. The van der Waals surface area contributed by atoms with E-state index in [0.717, 1.165) is 29.3 Å². The highest BCUT2D eigenvalue weighted by molar-refractivity contribution is 7.99. The molecule has 2 nitrogen and oxygen atoms in total. The van der Waals surface area contributed by atoms with E-state index < -0.39 is 0 Å². The fraction of sp³-hybridized carbons (Fsp3) is 0.571. The summed E-state index contributed by atoms with van der Waals surface area (Å²) in [5.74, 6) is 0.831. The second-order valence-electron chi connectivity index (χ2n) is 5.07. The molecule has 0 aliphatic heterocycles. The molecule has 0 spiro atoms. The third kappa shape index (κ3) is 4.59. The zero-order chi connectivity index (χ0) is 13.0. The molecular weight excluding hydrogens is 247 g/mol. The van der Waals surface area contributed by atoms with Gasteiger partial charge in [-0.1, -0.05) is 6.07 Å². The lowest BCUT2D eigenvalue weighted by Crippen LogP contribution is -2.15. The molecule has 0 bridgehead atoms. The first-order chi connectivity index (χ1) is 8.65. The number of nitrogens with zero attached hydrogens (tertiary/aromatic N) is 1. The summed E-state index contributed by atoms with van der Waals surface area (Å²) in [7, 11) is 4.06. The van der Waals surface area contributed by atoms with Gasteiger partial charge in [0, 0.05) is 29.8 Å². The minimum absolute atomic E-state index is 0.0890. The van der Waals surface area contributed by atoms with Crippen molar-refractivity contribution < 1.29 is 4.39 Å². The first-order valence-corrected chi connectivity index (χ1v) is 7.43. The van der Waals surface area contributed by atoms with E-state index >= 15 is 0 Å². The van der Waals surface area contributed by atoms with Gasteiger partial charge >= 0.3 is 0 Å². The van der Waals surface area contributed by atoms with Crippen LogP contribution in [0.2, 0.25) is 0 Å². The highest BCUT2D eigenvalue weighted by Gasteiger charge is 2.20. The predicted octanol–water partition coefficient (Wildman–Crippen LogP) is 2.73. The van der Waals surface area contributed by atoms with Gasteiger partial charge in [-0.3, -0.25) is 0 Å². The maximum absolute atomic E-state index is 13.9. The number of benzene rings is 1. The van der Waals surface area contributed by atoms with E-state index in [1.54, 1.807) is 17.8 Å². The van der Waals surface area contributed by atoms with Gasteiger partial charge in [0.1, 0.15) is 5.82 Å². The largest absolute Gasteiger partial charge is 0.310 e. The maximum atomic E-state index is 13.9. The van der Waals surface area contributed by atoms with Crippen LogP contribution in [-0.2, 0) is 6.54 Å². The summed E-state index contributed by atoms with van der Waals surface area (Å²) >= 11 is 1.58. The molecule has 1 fully saturated rings. The molecule has 0 atom stereocenters. The van der Waals surface area contributed by atoms with E-state index in [1.165, 1.54) is 12.8 Å². The normalized spacial score (nSPS) is 15.3. The Hall–Kier alpha value is -0.580. The fourth-order valence-corrected chi connectivity index (χ4v) is 2.70. The van der Waals surface area contributed by atoms with Gasteiger partial charge in [0.05, 0.1) is 0 Å². The number of hydrogen-bond donors (Lipinski definition) is 1. The molecule has 4 heteroatoms. The molecule has 1 N–H and O–H groups in total. The Morgan fingerprint density at radius 2 is 2.17 bits per heavy atom. The fourth-order valence-electron chi connectivity index (χ4n) is 1.66. The van der Waals surface area contributed by atoms with Gasteiger partial charge in [0.2, 0.25) is 0 Å². The molecule has 1 saturated carbocycles. The van der Waals surface area contributed by atoms with Crippen LogP contribution in [0.1, 0.15) is 18.4 Å². The minimum atomic E-state index is -0.0890. The Labute approximate surface area is 113 Å². The number of hydrogen-bond acceptors (Lipinski definition) is 3. The maximum Gasteiger partial charge on any atom is 0.137 e. The third-order valence-corrected chi connectivity index (χ3v) is 3.99. The molecule has 1 aliphatic rings. The van der Waals surface area contributed by atoms with Crippen molar-refractivity contribution in [3.05, 3.63) is 29.6 Å². The predicted molar refractivity (Wildman–Crippen MR) is 75.5 cm³/mol. The van der Waals surface area contributed by atoms with Gasteiger partial charge in [0.15, 0.2) is 0 Å². The number of rotatable bonds is 7. The Morgan fingerprint density at radius 3 is 2.78 bits per heavy atom. The Bertz CT molecular complexity index is 391. The highest BCUT2D eigenvalue weighted by atomic mass is 32.2. The molecule has 100 valence electrons. The number of halogens is 1. The zero-order valence-electron chi connectivity index (χ0n) is 11.1. The average Bonchev–Trinajstić information content (AvgIpc) is 3.12. The molecule has 2 rings (SSSR count). The SMILES string of the molecule is CN(C)CCSc1ccc(CNC2CC2)cc1F. The molecule has 18 heavy (non-hydrogen) atoms. The van der Waals surface area contributed by atoms with Crippen LogP contribution in [0.3, 0.4) is 0 Å². The van der Waals surface area contributed by atoms with E-state index in [9.17, 15) is 4.39 Å². The molecule has 0 heterocycles. The van der Waals surface area contributed by atoms with Crippen molar-refractivity contribution >= 4 is 11.8 Å². The zero-order valence-corrected chi connectivity index (χ0v) is 11.9. The second kappa shape index (κ2) is 6.55. The topological polar surface area (TPSA) is 15.3 Å². The van der Waals surface area contributed by atoms with E-state index in [0.29, 0.717) is 6.04 Å². The van der Waals surface area contributed by atoms with Gasteiger partial charge in [-0.2, -0.15) is 0 Å². The summed E-state index contributed by atoms with van der Waals surface area (Å²) in [4.78, 5) is 2.87. The van der Waals surface area contributed by atoms with Crippen LogP contribution in [0.5, 0.6) is 0 Å². The van der Waals surface area contributed by atoms with Crippen molar-refractivity contribution in [2.24, 2.45) is 0 Å². The van der Waals surface area contributed by atoms with E-state index in [1.807, 2.05) is 26.2 Å². The van der Waals surface area contributed by atoms with Crippen LogP contribution in [0, 0.1) is 5.82 Å². The number of thioether (sulfide) groups is 1. The van der Waals surface area contributed by atoms with Gasteiger partial charge < -0.3 is 10.2 Å². The summed E-state index contributed by atoms with van der Waals surface area (Å²) in [6.07, 6.45) is 2.53. The van der Waals surface area contributed by atoms with Gasteiger partial charge in [-0.25, -0.2) is 4.39 Å². The summed E-state index contributed by atoms with van der Waals surface area (Å²) in [6.45, 7) is 1.75. The third-order valence-electron chi connectivity index (χ3n) is 2.96. The lowest BCUT2D eigenvalue weighted by atomic mass is 10.2. The summed E-state index contributed by atoms with van der Waals surface area (Å²) in [5.41, 5.74) is 1.04. The Balaban J connectivity index is 1.83. The summed E-state index contributed by atoms with van der Waals surface area (Å²) in [5, 5.41) is 3.40. The minimum Gasteiger partial charge on any atom is -0.310 e. The summed E-state index contributed by atoms with van der Waals surface area (Å²) in [6, 6.07) is 6.26. The lowest BCUT2D eigenvalue weighted by molar-refractivity contribution is 0.437. The van der Waals surface area contributed by atoms with E-state index in [2.05, 4.69) is 10.2 Å². The van der Waals surface area contributed by atoms with Crippen LogP contribution >= 0.6 is 11.8 Å². The molecule has 0 radical (unpaired) electrons. The van der Waals surface area contributed by atoms with Crippen molar-refractivity contribution in [3.8, 4) is 0 Å². The molecule has 1 aromatic carbocycles. The van der Waals surface area contributed by atoms with Crippen molar-refractivity contribution in [2.45, 2.75) is 30.3 Å². The number of nitrogens with one attached hydrogen (secondary N) is 1. The van der Waals surface area contributed by atoms with Gasteiger partial charge in [-0.05, 0) is 44.6 Å². The standard InChI is InChI=1S/C14H21FN2S/c1-17(2)7-8-18-14-6-3-11(9-13(14)15)10-16-12-4-5-12/h3,6,9,12,16H,4-5,7-8,10H2,1-2H3. The monoisotopic (exact) mass is 268 g/mol. The van der Waals surface area contributed by atoms with Gasteiger partial charge in [-0.15, -0.1) is 11.8 Å². The quantitative estimate of drug-likeness (QED) is 0.766. The first-order valence-electron chi connectivity index (χ1n) is 6.44. The average molecular weight is 268 g/mol. The van der Waals surface area contributed by atoms with Crippen LogP contribution in [0.25, 0.3) is 0 Å². The smallest absolute Gasteiger partial charge is 0.137 e. The van der Waals surface area contributed by atoms with Crippen LogP contribution in [-0.4, -0.2) is 37.3 Å². The molecule has 0 amide bonds. The van der Waals surface area contributed by atoms with Crippen LogP contribution in [0.4, 0.5) is 4.39 Å². The molecule has 1 aromatic rings. The van der Waals surface area contributed by atoms with Crippen molar-refractivity contribution in [1.82, 2.24) is 10.2 Å². The van der Waals surface area contributed by atoms with Crippen molar-refractivity contribution in [2.75, 3.05) is 26.4 Å².